The Hall–Kier alpha value is -2.32. The minimum atomic E-state index is -1.02. The maximum absolute atomic E-state index is 12.3. The molecule has 0 spiro atoms. The van der Waals surface area contributed by atoms with Crippen LogP contribution in [0.15, 0.2) is 40.6 Å². The summed E-state index contributed by atoms with van der Waals surface area (Å²) in [4.78, 5) is 36.7. The first-order chi connectivity index (χ1) is 11.9. The van der Waals surface area contributed by atoms with Gasteiger partial charge in [0.15, 0.2) is 6.10 Å². The molecule has 132 valence electrons. The van der Waals surface area contributed by atoms with Gasteiger partial charge < -0.3 is 15.8 Å². The van der Waals surface area contributed by atoms with Crippen LogP contribution in [-0.4, -0.2) is 29.6 Å². The van der Waals surface area contributed by atoms with Gasteiger partial charge in [0.1, 0.15) is 5.00 Å². The molecule has 0 unspecified atom stereocenters. The standard InChI is InChI=1S/C17H18N2O4S2/c1-3-24-13-7-5-4-6-11(13)17(22)23-10(2)15(21)19-16-12(14(18)20)8-9-25-16/h4-10H,3H2,1-2H3,(H2,18,20)(H,19,21)/t10-/m0/s1. The molecule has 8 heteroatoms. The van der Waals surface area contributed by atoms with E-state index >= 15 is 0 Å². The third-order valence-electron chi connectivity index (χ3n) is 3.23. The summed E-state index contributed by atoms with van der Waals surface area (Å²) in [5, 5.41) is 4.54. The molecule has 0 aliphatic heterocycles. The number of anilines is 1. The Bertz CT molecular complexity index is 788. The number of thiophene rings is 1. The molecule has 1 heterocycles. The van der Waals surface area contributed by atoms with Crippen molar-refractivity contribution in [3.05, 3.63) is 46.8 Å². The van der Waals surface area contributed by atoms with Crippen LogP contribution in [0.3, 0.4) is 0 Å². The minimum absolute atomic E-state index is 0.224. The Morgan fingerprint density at radius 2 is 1.96 bits per heavy atom. The van der Waals surface area contributed by atoms with Crippen molar-refractivity contribution in [1.29, 1.82) is 0 Å². The third kappa shape index (κ3) is 4.83. The van der Waals surface area contributed by atoms with Crippen LogP contribution < -0.4 is 11.1 Å². The lowest BCUT2D eigenvalue weighted by Crippen LogP contribution is -2.30. The van der Waals surface area contributed by atoms with E-state index in [9.17, 15) is 14.4 Å². The van der Waals surface area contributed by atoms with E-state index in [2.05, 4.69) is 5.32 Å². The average Bonchev–Trinajstić information content (AvgIpc) is 3.03. The lowest BCUT2D eigenvalue weighted by Gasteiger charge is -2.14. The molecule has 0 fully saturated rings. The van der Waals surface area contributed by atoms with Gasteiger partial charge in [0, 0.05) is 4.90 Å². The molecule has 0 saturated carbocycles. The summed E-state index contributed by atoms with van der Waals surface area (Å²) >= 11 is 2.69. The molecule has 6 nitrogen and oxygen atoms in total. The summed E-state index contributed by atoms with van der Waals surface area (Å²) in [5.74, 6) is -0.916. The molecule has 0 aliphatic rings. The topological polar surface area (TPSA) is 98.5 Å². The number of carbonyl (C=O) groups is 3. The van der Waals surface area contributed by atoms with E-state index in [0.717, 1.165) is 10.6 Å². The van der Waals surface area contributed by atoms with Crippen LogP contribution in [0.1, 0.15) is 34.6 Å². The number of ether oxygens (including phenoxy) is 1. The number of thioether (sulfide) groups is 1. The van der Waals surface area contributed by atoms with Crippen LogP contribution in [0, 0.1) is 0 Å². The van der Waals surface area contributed by atoms with Crippen molar-refractivity contribution < 1.29 is 19.1 Å². The lowest BCUT2D eigenvalue weighted by molar-refractivity contribution is -0.123. The Morgan fingerprint density at radius 1 is 1.24 bits per heavy atom. The average molecular weight is 378 g/mol. The van der Waals surface area contributed by atoms with Gasteiger partial charge in [0.05, 0.1) is 11.1 Å². The zero-order chi connectivity index (χ0) is 18.4. The first kappa shape index (κ1) is 19.0. The van der Waals surface area contributed by atoms with Crippen molar-refractivity contribution in [3.63, 3.8) is 0 Å². The maximum Gasteiger partial charge on any atom is 0.340 e. The predicted molar refractivity (Wildman–Crippen MR) is 99.2 cm³/mol. The second-order valence-electron chi connectivity index (χ2n) is 4.99. The highest BCUT2D eigenvalue weighted by molar-refractivity contribution is 7.99. The summed E-state index contributed by atoms with van der Waals surface area (Å²) < 4.78 is 5.26. The first-order valence-corrected chi connectivity index (χ1v) is 9.41. The number of primary amides is 1. The lowest BCUT2D eigenvalue weighted by atomic mass is 10.2. The van der Waals surface area contributed by atoms with Crippen molar-refractivity contribution >= 4 is 45.9 Å². The van der Waals surface area contributed by atoms with Crippen LogP contribution in [0.4, 0.5) is 5.00 Å². The molecule has 0 bridgehead atoms. The van der Waals surface area contributed by atoms with E-state index in [1.54, 1.807) is 17.5 Å². The molecule has 3 N–H and O–H groups in total. The van der Waals surface area contributed by atoms with E-state index in [-0.39, 0.29) is 5.56 Å². The zero-order valence-electron chi connectivity index (χ0n) is 13.8. The Morgan fingerprint density at radius 3 is 2.64 bits per heavy atom. The van der Waals surface area contributed by atoms with Crippen LogP contribution in [0.5, 0.6) is 0 Å². The Labute approximate surface area is 153 Å². The van der Waals surface area contributed by atoms with Gasteiger partial charge >= 0.3 is 5.97 Å². The van der Waals surface area contributed by atoms with Gasteiger partial charge in [-0.1, -0.05) is 19.1 Å². The van der Waals surface area contributed by atoms with Crippen molar-refractivity contribution in [1.82, 2.24) is 0 Å². The molecule has 1 atom stereocenters. The molecular formula is C17H18N2O4S2. The quantitative estimate of drug-likeness (QED) is 0.570. The highest BCUT2D eigenvalue weighted by Gasteiger charge is 2.22. The fraction of sp³-hybridized carbons (Fsp3) is 0.235. The number of nitrogens with one attached hydrogen (secondary N) is 1. The Kier molecular flexibility index (Phi) is 6.60. The number of esters is 1. The van der Waals surface area contributed by atoms with Gasteiger partial charge in [-0.05, 0) is 36.3 Å². The predicted octanol–water partition coefficient (Wildman–Crippen LogP) is 3.14. The summed E-state index contributed by atoms with van der Waals surface area (Å²) in [6, 6.07) is 8.60. The largest absolute Gasteiger partial charge is 0.449 e. The smallest absolute Gasteiger partial charge is 0.340 e. The van der Waals surface area contributed by atoms with Crippen LogP contribution in [-0.2, 0) is 9.53 Å². The molecule has 0 saturated heterocycles. The van der Waals surface area contributed by atoms with E-state index in [1.807, 2.05) is 19.1 Å². The molecule has 25 heavy (non-hydrogen) atoms. The fourth-order valence-corrected chi connectivity index (χ4v) is 3.60. The molecule has 1 aromatic carbocycles. The summed E-state index contributed by atoms with van der Waals surface area (Å²) in [5.41, 5.74) is 5.88. The monoisotopic (exact) mass is 378 g/mol. The number of amides is 2. The van der Waals surface area contributed by atoms with E-state index in [4.69, 9.17) is 10.5 Å². The number of nitrogens with two attached hydrogens (primary N) is 1. The maximum atomic E-state index is 12.3. The van der Waals surface area contributed by atoms with Gasteiger partial charge in [-0.25, -0.2) is 4.79 Å². The van der Waals surface area contributed by atoms with Gasteiger partial charge in [-0.3, -0.25) is 9.59 Å². The van der Waals surface area contributed by atoms with E-state index < -0.39 is 23.9 Å². The molecule has 2 aromatic rings. The number of rotatable bonds is 7. The SMILES string of the molecule is CCSc1ccccc1C(=O)O[C@@H](C)C(=O)Nc1sccc1C(N)=O. The van der Waals surface area contributed by atoms with Crippen molar-refractivity contribution in [2.45, 2.75) is 24.8 Å². The van der Waals surface area contributed by atoms with Gasteiger partial charge in [0.2, 0.25) is 0 Å². The highest BCUT2D eigenvalue weighted by atomic mass is 32.2. The second kappa shape index (κ2) is 8.68. The van der Waals surface area contributed by atoms with Crippen LogP contribution in [0.2, 0.25) is 0 Å². The minimum Gasteiger partial charge on any atom is -0.449 e. The number of carbonyl (C=O) groups excluding carboxylic acids is 3. The summed E-state index contributed by atoms with van der Waals surface area (Å²) in [7, 11) is 0. The Balaban J connectivity index is 2.05. The molecule has 2 amide bonds. The fourth-order valence-electron chi connectivity index (χ4n) is 2.01. The highest BCUT2D eigenvalue weighted by Crippen LogP contribution is 2.25. The number of benzene rings is 1. The van der Waals surface area contributed by atoms with Crippen molar-refractivity contribution in [3.8, 4) is 0 Å². The van der Waals surface area contributed by atoms with E-state index in [0.29, 0.717) is 10.6 Å². The van der Waals surface area contributed by atoms with Gasteiger partial charge in [-0.2, -0.15) is 0 Å². The first-order valence-electron chi connectivity index (χ1n) is 7.55. The molecule has 1 aromatic heterocycles. The molecule has 0 aliphatic carbocycles. The number of hydrogen-bond donors (Lipinski definition) is 2. The molecule has 2 rings (SSSR count). The summed E-state index contributed by atoms with van der Waals surface area (Å²) in [6.07, 6.45) is -1.02. The summed E-state index contributed by atoms with van der Waals surface area (Å²) in [6.45, 7) is 3.46. The normalized spacial score (nSPS) is 11.6. The van der Waals surface area contributed by atoms with Crippen molar-refractivity contribution in [2.24, 2.45) is 5.73 Å². The van der Waals surface area contributed by atoms with Crippen LogP contribution >= 0.6 is 23.1 Å². The van der Waals surface area contributed by atoms with Crippen LogP contribution in [0.25, 0.3) is 0 Å². The molecule has 0 radical (unpaired) electrons. The molecular weight excluding hydrogens is 360 g/mol. The number of hydrogen-bond acceptors (Lipinski definition) is 6. The van der Waals surface area contributed by atoms with Crippen molar-refractivity contribution in [2.75, 3.05) is 11.1 Å². The van der Waals surface area contributed by atoms with Gasteiger partial charge in [0.25, 0.3) is 11.8 Å². The second-order valence-corrected chi connectivity index (χ2v) is 7.22. The third-order valence-corrected chi connectivity index (χ3v) is 5.01. The van der Waals surface area contributed by atoms with E-state index in [1.165, 1.54) is 36.1 Å². The zero-order valence-corrected chi connectivity index (χ0v) is 15.4. The van der Waals surface area contributed by atoms with Gasteiger partial charge in [-0.15, -0.1) is 23.1 Å².